The second kappa shape index (κ2) is 7.07. The van der Waals surface area contributed by atoms with E-state index in [1.807, 2.05) is 6.08 Å². The van der Waals surface area contributed by atoms with Crippen LogP contribution >= 0.6 is 0 Å². The van der Waals surface area contributed by atoms with Crippen molar-refractivity contribution in [3.05, 3.63) is 47.5 Å². The van der Waals surface area contributed by atoms with Crippen LogP contribution in [-0.4, -0.2) is 0 Å². The van der Waals surface area contributed by atoms with Crippen LogP contribution in [0.15, 0.2) is 36.4 Å². The highest BCUT2D eigenvalue weighted by atomic mass is 14.0. The van der Waals surface area contributed by atoms with Crippen molar-refractivity contribution in [3.63, 3.8) is 0 Å². The molecule has 0 spiro atoms. The smallest absolute Gasteiger partial charge is 0.0233 e. The summed E-state index contributed by atoms with van der Waals surface area (Å²) in [6.07, 6.45) is 7.61. The van der Waals surface area contributed by atoms with Gasteiger partial charge in [-0.25, -0.2) is 0 Å². The molecule has 0 unspecified atom stereocenters. The highest BCUT2D eigenvalue weighted by molar-refractivity contribution is 5.22. The molecule has 0 fully saturated rings. The average Bonchev–Trinajstić information content (AvgIpc) is 2.26. The minimum absolute atomic E-state index is 0.103. The van der Waals surface area contributed by atoms with Crippen LogP contribution in [0.25, 0.3) is 0 Å². The maximum Gasteiger partial charge on any atom is 0.0233 e. The van der Waals surface area contributed by atoms with Crippen LogP contribution in [0.2, 0.25) is 0 Å². The summed E-state index contributed by atoms with van der Waals surface area (Å²) >= 11 is 0. The van der Waals surface area contributed by atoms with Crippen molar-refractivity contribution < 1.29 is 0 Å². The molecule has 1 aromatic rings. The van der Waals surface area contributed by atoms with E-state index in [9.17, 15) is 0 Å². The van der Waals surface area contributed by atoms with Crippen molar-refractivity contribution >= 4 is 0 Å². The SMILES string of the molecule is Cc1cccc(CCC/C=C/C#CC(C)(C)C)c1. The van der Waals surface area contributed by atoms with E-state index in [0.29, 0.717) is 0 Å². The van der Waals surface area contributed by atoms with Gasteiger partial charge in [0.1, 0.15) is 0 Å². The molecule has 0 atom stereocenters. The van der Waals surface area contributed by atoms with Crippen LogP contribution < -0.4 is 0 Å². The van der Waals surface area contributed by atoms with Gasteiger partial charge in [-0.15, -0.1) is 0 Å². The van der Waals surface area contributed by atoms with Crippen molar-refractivity contribution in [2.75, 3.05) is 0 Å². The highest BCUT2D eigenvalue weighted by Gasteiger charge is 2.02. The molecule has 0 N–H and O–H groups in total. The van der Waals surface area contributed by atoms with Gasteiger partial charge in [-0.2, -0.15) is 0 Å². The third-order valence-electron chi connectivity index (χ3n) is 2.57. The molecule has 18 heavy (non-hydrogen) atoms. The maximum atomic E-state index is 3.20. The molecule has 0 saturated heterocycles. The largest absolute Gasteiger partial charge is 0.0926 e. The third-order valence-corrected chi connectivity index (χ3v) is 2.57. The van der Waals surface area contributed by atoms with Crippen molar-refractivity contribution in [3.8, 4) is 11.8 Å². The molecule has 0 saturated carbocycles. The summed E-state index contributed by atoms with van der Waals surface area (Å²) < 4.78 is 0. The quantitative estimate of drug-likeness (QED) is 0.517. The Morgan fingerprint density at radius 3 is 2.67 bits per heavy atom. The molecule has 0 aliphatic heterocycles. The normalized spacial score (nSPS) is 11.3. The number of hydrogen-bond donors (Lipinski definition) is 0. The predicted molar refractivity (Wildman–Crippen MR) is 80.5 cm³/mol. The first-order valence-electron chi connectivity index (χ1n) is 6.71. The van der Waals surface area contributed by atoms with Crippen LogP contribution in [0.4, 0.5) is 0 Å². The van der Waals surface area contributed by atoms with Gasteiger partial charge in [0.2, 0.25) is 0 Å². The van der Waals surface area contributed by atoms with Gasteiger partial charge in [0.05, 0.1) is 0 Å². The summed E-state index contributed by atoms with van der Waals surface area (Å²) in [5.41, 5.74) is 2.88. The van der Waals surface area contributed by atoms with Crippen molar-refractivity contribution in [1.82, 2.24) is 0 Å². The molecule has 0 bridgehead atoms. The standard InChI is InChI=1S/C18H24/c1-16-11-10-13-17(15-16)12-8-6-5-7-9-14-18(2,3)4/h5,7,10-11,13,15H,6,8,12H2,1-4H3/b7-5+. The molecule has 0 heteroatoms. The Bertz CT molecular complexity index is 447. The molecule has 0 nitrogen and oxygen atoms in total. The van der Waals surface area contributed by atoms with Gasteiger partial charge in [0.25, 0.3) is 0 Å². The summed E-state index contributed by atoms with van der Waals surface area (Å²) in [6.45, 7) is 8.54. The van der Waals surface area contributed by atoms with E-state index in [4.69, 9.17) is 0 Å². The fourth-order valence-corrected chi connectivity index (χ4v) is 1.69. The Morgan fingerprint density at radius 2 is 2.00 bits per heavy atom. The van der Waals surface area contributed by atoms with Gasteiger partial charge < -0.3 is 0 Å². The van der Waals surface area contributed by atoms with Crippen molar-refractivity contribution in [2.24, 2.45) is 5.41 Å². The van der Waals surface area contributed by atoms with Crippen molar-refractivity contribution in [1.29, 1.82) is 0 Å². The lowest BCUT2D eigenvalue weighted by Crippen LogP contribution is -1.98. The lowest BCUT2D eigenvalue weighted by molar-refractivity contribution is 0.571. The maximum absolute atomic E-state index is 3.20. The number of benzene rings is 1. The summed E-state index contributed by atoms with van der Waals surface area (Å²) in [4.78, 5) is 0. The van der Waals surface area contributed by atoms with Gasteiger partial charge >= 0.3 is 0 Å². The van der Waals surface area contributed by atoms with Gasteiger partial charge in [0.15, 0.2) is 0 Å². The van der Waals surface area contributed by atoms with Gasteiger partial charge in [-0.1, -0.05) is 47.7 Å². The van der Waals surface area contributed by atoms with E-state index in [0.717, 1.165) is 12.8 Å². The Morgan fingerprint density at radius 1 is 1.22 bits per heavy atom. The van der Waals surface area contributed by atoms with Gasteiger partial charge in [-0.05, 0) is 58.6 Å². The van der Waals surface area contributed by atoms with Gasteiger partial charge in [0, 0.05) is 5.41 Å². The first-order valence-corrected chi connectivity index (χ1v) is 6.71. The Hall–Kier alpha value is -1.48. The first kappa shape index (κ1) is 14.6. The third kappa shape index (κ3) is 6.97. The zero-order chi connectivity index (χ0) is 13.4. The second-order valence-corrected chi connectivity index (χ2v) is 5.80. The summed E-state index contributed by atoms with van der Waals surface area (Å²) in [5.74, 6) is 6.30. The predicted octanol–water partition coefficient (Wildman–Crippen LogP) is 4.92. The summed E-state index contributed by atoms with van der Waals surface area (Å²) in [6, 6.07) is 8.75. The fraction of sp³-hybridized carbons (Fsp3) is 0.444. The molecular formula is C18H24. The monoisotopic (exact) mass is 240 g/mol. The highest BCUT2D eigenvalue weighted by Crippen LogP contribution is 2.10. The van der Waals surface area contributed by atoms with Crippen LogP contribution in [0, 0.1) is 24.2 Å². The van der Waals surface area contributed by atoms with E-state index in [-0.39, 0.29) is 5.41 Å². The van der Waals surface area contributed by atoms with Crippen LogP contribution in [0.5, 0.6) is 0 Å². The molecular weight excluding hydrogens is 216 g/mol. The molecule has 1 rings (SSSR count). The lowest BCUT2D eigenvalue weighted by Gasteiger charge is -2.05. The Balaban J connectivity index is 2.26. The number of aryl methyl sites for hydroxylation is 2. The Kier molecular flexibility index (Phi) is 5.72. The van der Waals surface area contributed by atoms with Gasteiger partial charge in [-0.3, -0.25) is 0 Å². The number of unbranched alkanes of at least 4 members (excludes halogenated alkanes) is 1. The van der Waals surface area contributed by atoms with E-state index in [2.05, 4.69) is 69.9 Å². The average molecular weight is 240 g/mol. The molecule has 0 aromatic heterocycles. The topological polar surface area (TPSA) is 0 Å². The van der Waals surface area contributed by atoms with E-state index >= 15 is 0 Å². The minimum atomic E-state index is 0.103. The summed E-state index contributed by atoms with van der Waals surface area (Å²) in [7, 11) is 0. The molecule has 0 amide bonds. The molecule has 0 aliphatic carbocycles. The van der Waals surface area contributed by atoms with E-state index < -0.39 is 0 Å². The first-order chi connectivity index (χ1) is 8.47. The fourth-order valence-electron chi connectivity index (χ4n) is 1.69. The van der Waals surface area contributed by atoms with Crippen LogP contribution in [-0.2, 0) is 6.42 Å². The van der Waals surface area contributed by atoms with Crippen LogP contribution in [0.3, 0.4) is 0 Å². The second-order valence-electron chi connectivity index (χ2n) is 5.80. The van der Waals surface area contributed by atoms with Crippen molar-refractivity contribution in [2.45, 2.75) is 47.0 Å². The van der Waals surface area contributed by atoms with E-state index in [1.54, 1.807) is 0 Å². The lowest BCUT2D eigenvalue weighted by atomic mass is 9.98. The molecule has 0 aliphatic rings. The number of allylic oxidation sites excluding steroid dienone is 2. The summed E-state index contributed by atoms with van der Waals surface area (Å²) in [5, 5.41) is 0. The molecule has 0 heterocycles. The minimum Gasteiger partial charge on any atom is -0.0926 e. The Labute approximate surface area is 112 Å². The zero-order valence-electron chi connectivity index (χ0n) is 12.1. The molecule has 96 valence electrons. The number of rotatable bonds is 4. The molecule has 1 aromatic carbocycles. The number of hydrogen-bond acceptors (Lipinski definition) is 0. The molecule has 0 radical (unpaired) electrons. The van der Waals surface area contributed by atoms with E-state index in [1.165, 1.54) is 17.5 Å². The van der Waals surface area contributed by atoms with Crippen LogP contribution in [0.1, 0.15) is 44.7 Å². The zero-order valence-corrected chi connectivity index (χ0v) is 12.1.